The number of nitrogens with zero attached hydrogens (tertiary/aromatic N) is 2. The van der Waals surface area contributed by atoms with Crippen molar-refractivity contribution in [2.75, 3.05) is 28.2 Å². The molecule has 4 aromatic rings. The third kappa shape index (κ3) is 7.57. The van der Waals surface area contributed by atoms with Gasteiger partial charge in [-0.3, -0.25) is 9.71 Å². The number of fused-ring (bicyclic) bond motifs is 1. The van der Waals surface area contributed by atoms with E-state index in [1.807, 2.05) is 0 Å². The van der Waals surface area contributed by atoms with Gasteiger partial charge in [0.1, 0.15) is 41.0 Å². The van der Waals surface area contributed by atoms with E-state index in [4.69, 9.17) is 21.1 Å². The van der Waals surface area contributed by atoms with Gasteiger partial charge in [0.15, 0.2) is 0 Å². The van der Waals surface area contributed by atoms with Crippen LogP contribution in [-0.2, 0) is 26.8 Å². The highest BCUT2D eigenvalue weighted by Crippen LogP contribution is 2.38. The molecule has 14 heteroatoms. The van der Waals surface area contributed by atoms with Gasteiger partial charge in [-0.05, 0) is 48.9 Å². The zero-order chi connectivity index (χ0) is 30.6. The Morgan fingerprint density at radius 1 is 1.21 bits per heavy atom. The van der Waals surface area contributed by atoms with E-state index in [-0.39, 0.29) is 46.8 Å². The summed E-state index contributed by atoms with van der Waals surface area (Å²) in [6.07, 6.45) is 1.96. The van der Waals surface area contributed by atoms with Crippen molar-refractivity contribution in [3.05, 3.63) is 82.8 Å². The Morgan fingerprint density at radius 3 is 2.74 bits per heavy atom. The van der Waals surface area contributed by atoms with Crippen molar-refractivity contribution in [1.82, 2.24) is 4.98 Å². The Balaban J connectivity index is 1.45. The smallest absolute Gasteiger partial charge is 0.237 e. The molecule has 0 saturated carbocycles. The molecule has 2 atom stereocenters. The molecule has 1 fully saturated rings. The van der Waals surface area contributed by atoms with Crippen molar-refractivity contribution in [3.63, 3.8) is 0 Å². The Hall–Kier alpha value is -3.41. The number of ether oxygens (including phenoxy) is 2. The van der Waals surface area contributed by atoms with Gasteiger partial charge in [-0.25, -0.2) is 12.8 Å². The fraction of sp³-hybridized carbons (Fsp3) is 0.241. The van der Waals surface area contributed by atoms with Crippen molar-refractivity contribution >= 4 is 70.6 Å². The number of rotatable bonds is 11. The van der Waals surface area contributed by atoms with Crippen LogP contribution in [0.5, 0.6) is 11.5 Å². The molecule has 3 aromatic carbocycles. The fourth-order valence-electron chi connectivity index (χ4n) is 4.47. The summed E-state index contributed by atoms with van der Waals surface area (Å²) in [7, 11) is -3.89. The summed E-state index contributed by atoms with van der Waals surface area (Å²) < 4.78 is 65.9. The van der Waals surface area contributed by atoms with Crippen molar-refractivity contribution < 1.29 is 26.8 Å². The van der Waals surface area contributed by atoms with Gasteiger partial charge in [0.2, 0.25) is 10.0 Å². The van der Waals surface area contributed by atoms with Crippen LogP contribution in [0.25, 0.3) is 10.9 Å². The third-order valence-corrected chi connectivity index (χ3v) is 11.9. The topological polar surface area (TPSA) is 136 Å². The van der Waals surface area contributed by atoms with Gasteiger partial charge in [0, 0.05) is 45.7 Å². The lowest BCUT2D eigenvalue weighted by atomic mass is 10.1. The molecule has 1 aliphatic heterocycles. The molecule has 0 bridgehead atoms. The Labute approximate surface area is 260 Å². The minimum atomic E-state index is -3.88. The lowest BCUT2D eigenvalue weighted by Gasteiger charge is -2.18. The summed E-state index contributed by atoms with van der Waals surface area (Å²) in [6, 6.07) is 16.3. The maximum atomic E-state index is 13.5. The molecule has 0 amide bonds. The molecule has 1 aliphatic rings. The number of hydrogen-bond acceptors (Lipinski definition) is 9. The zero-order valence-corrected chi connectivity index (χ0v) is 26.0. The summed E-state index contributed by atoms with van der Waals surface area (Å²) in [4.78, 5) is 4.38. The van der Waals surface area contributed by atoms with Gasteiger partial charge in [-0.1, -0.05) is 23.7 Å². The first-order valence-electron chi connectivity index (χ1n) is 13.1. The third-order valence-electron chi connectivity index (χ3n) is 6.46. The summed E-state index contributed by atoms with van der Waals surface area (Å²) in [5, 5.41) is 13.4. The van der Waals surface area contributed by atoms with E-state index in [0.29, 0.717) is 45.8 Å². The molecular formula is C29H26ClFN4O5S3. The molecule has 2 unspecified atom stereocenters. The largest absolute Gasteiger partial charge is 0.605 e. The average Bonchev–Trinajstić information content (AvgIpc) is 3.36. The summed E-state index contributed by atoms with van der Waals surface area (Å²) in [6.45, 7) is 2.17. The fourth-order valence-corrected chi connectivity index (χ4v) is 10.3. The quantitative estimate of drug-likeness (QED) is 0.136. The van der Waals surface area contributed by atoms with E-state index < -0.39 is 25.5 Å². The second-order valence-electron chi connectivity index (χ2n) is 9.52. The van der Waals surface area contributed by atoms with Gasteiger partial charge >= 0.3 is 0 Å². The second kappa shape index (κ2) is 13.5. The number of sulfonamides is 1. The van der Waals surface area contributed by atoms with E-state index >= 15 is 0 Å². The van der Waals surface area contributed by atoms with Gasteiger partial charge in [-0.2, -0.15) is 5.26 Å². The number of pyridine rings is 1. The van der Waals surface area contributed by atoms with E-state index in [2.05, 4.69) is 21.1 Å². The van der Waals surface area contributed by atoms with E-state index in [1.54, 1.807) is 49.4 Å². The molecular weight excluding hydrogens is 635 g/mol. The van der Waals surface area contributed by atoms with Crippen LogP contribution in [0.15, 0.2) is 60.8 Å². The maximum absolute atomic E-state index is 13.5. The molecule has 1 aromatic heterocycles. The van der Waals surface area contributed by atoms with E-state index in [9.17, 15) is 22.6 Å². The van der Waals surface area contributed by atoms with Crippen LogP contribution < -0.4 is 19.5 Å². The van der Waals surface area contributed by atoms with Crippen LogP contribution in [0, 0.1) is 17.1 Å². The predicted molar refractivity (Wildman–Crippen MR) is 170 cm³/mol. The van der Waals surface area contributed by atoms with E-state index in [1.165, 1.54) is 29.1 Å². The molecule has 0 aliphatic carbocycles. The lowest BCUT2D eigenvalue weighted by molar-refractivity contribution is 0.306. The number of nitriles is 1. The van der Waals surface area contributed by atoms with Crippen LogP contribution in [-0.4, -0.2) is 41.3 Å². The minimum absolute atomic E-state index is 0.119. The van der Waals surface area contributed by atoms with Crippen molar-refractivity contribution in [1.29, 1.82) is 5.26 Å². The van der Waals surface area contributed by atoms with Crippen molar-refractivity contribution in [2.45, 2.75) is 25.2 Å². The van der Waals surface area contributed by atoms with Crippen molar-refractivity contribution in [3.8, 4) is 17.6 Å². The molecule has 1 saturated heterocycles. The molecule has 224 valence electrons. The normalized spacial score (nSPS) is 16.5. The monoisotopic (exact) mass is 660 g/mol. The number of halogens is 2. The van der Waals surface area contributed by atoms with Gasteiger partial charge in [0.05, 0.1) is 44.9 Å². The summed E-state index contributed by atoms with van der Waals surface area (Å²) >= 11 is 6.49. The molecule has 2 heterocycles. The minimum Gasteiger partial charge on any atom is -0.605 e. The first kappa shape index (κ1) is 31.0. The Morgan fingerprint density at radius 2 is 2.05 bits per heavy atom. The maximum Gasteiger partial charge on any atom is 0.237 e. The average molecular weight is 661 g/mol. The highest BCUT2D eigenvalue weighted by Gasteiger charge is 2.35. The molecule has 2 N–H and O–H groups in total. The number of nitrogens with one attached hydrogen (secondary N) is 2. The standard InChI is InChI=1S/C29H26ClFN4O5S3/c1-2-39-28-13-25-23(12-26(28)35-43(37,38)17-22-8-9-41-42(22)36)29(19(14-32)15-33-25)34-21-6-7-27(24(30)11-21)40-16-18-4-3-5-20(31)10-18/h3-7,10-13,15,22,35H,2,8-9,16-17H2,1H3,(H,33,34). The van der Waals surface area contributed by atoms with Crippen LogP contribution in [0.4, 0.5) is 21.5 Å². The van der Waals surface area contributed by atoms with Crippen LogP contribution in [0.3, 0.4) is 0 Å². The summed E-state index contributed by atoms with van der Waals surface area (Å²) in [5.41, 5.74) is 2.41. The predicted octanol–water partition coefficient (Wildman–Crippen LogP) is 6.53. The highest BCUT2D eigenvalue weighted by atomic mass is 35.5. The van der Waals surface area contributed by atoms with Crippen LogP contribution in [0.1, 0.15) is 24.5 Å². The Bertz CT molecular complexity index is 1810. The van der Waals surface area contributed by atoms with Gasteiger partial charge < -0.3 is 19.3 Å². The molecule has 0 spiro atoms. The zero-order valence-electron chi connectivity index (χ0n) is 22.8. The SMILES string of the molecule is CCOc1cc2ncc(C#N)c(Nc3ccc(OCc4cccc(F)c4)c(Cl)c3)c2cc1NS(=O)(=O)CC1CCS[S+]1[O-]. The van der Waals surface area contributed by atoms with Gasteiger partial charge in [0.25, 0.3) is 0 Å². The second-order valence-corrected chi connectivity index (χ2v) is 15.2. The highest BCUT2D eigenvalue weighted by molar-refractivity contribution is 8.72. The van der Waals surface area contributed by atoms with Gasteiger partial charge in [-0.15, -0.1) is 0 Å². The van der Waals surface area contributed by atoms with E-state index in [0.717, 1.165) is 0 Å². The Kier molecular flexibility index (Phi) is 9.73. The number of hydrogen-bond donors (Lipinski definition) is 2. The summed E-state index contributed by atoms with van der Waals surface area (Å²) in [5.74, 6) is 0.652. The molecule has 43 heavy (non-hydrogen) atoms. The first-order valence-corrected chi connectivity index (χ1v) is 17.9. The number of benzene rings is 3. The number of aromatic nitrogens is 1. The number of anilines is 3. The molecule has 9 nitrogen and oxygen atoms in total. The van der Waals surface area contributed by atoms with Crippen LogP contribution >= 0.6 is 22.4 Å². The van der Waals surface area contributed by atoms with Crippen LogP contribution in [0.2, 0.25) is 5.02 Å². The first-order chi connectivity index (χ1) is 20.7. The van der Waals surface area contributed by atoms with Crippen molar-refractivity contribution in [2.24, 2.45) is 0 Å². The molecule has 5 rings (SSSR count). The lowest BCUT2D eigenvalue weighted by Crippen LogP contribution is -2.28. The molecule has 0 radical (unpaired) electrons.